The molecule has 0 N–H and O–H groups in total. The lowest BCUT2D eigenvalue weighted by molar-refractivity contribution is -0.122. The second-order valence-corrected chi connectivity index (χ2v) is 5.17. The van der Waals surface area contributed by atoms with E-state index in [0.29, 0.717) is 5.56 Å². The Morgan fingerprint density at radius 2 is 1.95 bits per heavy atom. The number of hydrogen-bond acceptors (Lipinski definition) is 2. The standard InChI is InChI=1S/C16H12FNO2/c1-18-13-8-7-11(17)9-12(13)16(15(18)19)14(20-16)10-5-3-2-4-6-10/h2-9,14H,1H3/t14-,16+/m1/s1. The topological polar surface area (TPSA) is 32.8 Å². The van der Waals surface area contributed by atoms with Crippen molar-refractivity contribution in [3.63, 3.8) is 0 Å². The van der Waals surface area contributed by atoms with E-state index in [4.69, 9.17) is 4.74 Å². The van der Waals surface area contributed by atoms with Gasteiger partial charge in [0.05, 0.1) is 5.69 Å². The SMILES string of the molecule is CN1C(=O)[C@]2(O[C@@H]2c2ccccc2)c2cc(F)ccc21. The van der Waals surface area contributed by atoms with E-state index in [9.17, 15) is 9.18 Å². The highest BCUT2D eigenvalue weighted by Crippen LogP contribution is 2.63. The van der Waals surface area contributed by atoms with Crippen LogP contribution in [0.3, 0.4) is 0 Å². The molecule has 2 aliphatic rings. The van der Waals surface area contributed by atoms with Crippen molar-refractivity contribution in [3.05, 3.63) is 65.5 Å². The van der Waals surface area contributed by atoms with Gasteiger partial charge in [0.25, 0.3) is 5.91 Å². The van der Waals surface area contributed by atoms with Gasteiger partial charge in [-0.3, -0.25) is 4.79 Å². The first kappa shape index (κ1) is 11.6. The van der Waals surface area contributed by atoms with Crippen molar-refractivity contribution in [2.24, 2.45) is 0 Å². The maximum Gasteiger partial charge on any atom is 0.266 e. The van der Waals surface area contributed by atoms with E-state index in [2.05, 4.69) is 0 Å². The van der Waals surface area contributed by atoms with Gasteiger partial charge >= 0.3 is 0 Å². The second kappa shape index (κ2) is 3.67. The Morgan fingerprint density at radius 3 is 2.70 bits per heavy atom. The van der Waals surface area contributed by atoms with Crippen molar-refractivity contribution < 1.29 is 13.9 Å². The predicted octanol–water partition coefficient (Wildman–Crippen LogP) is 2.77. The summed E-state index contributed by atoms with van der Waals surface area (Å²) in [5, 5.41) is 0. The zero-order valence-corrected chi connectivity index (χ0v) is 10.8. The molecule has 1 saturated heterocycles. The molecule has 4 heteroatoms. The number of rotatable bonds is 1. The molecule has 4 rings (SSSR count). The van der Waals surface area contributed by atoms with Gasteiger partial charge in [0.15, 0.2) is 0 Å². The summed E-state index contributed by atoms with van der Waals surface area (Å²) >= 11 is 0. The summed E-state index contributed by atoms with van der Waals surface area (Å²) in [4.78, 5) is 14.1. The Balaban J connectivity index is 1.85. The van der Waals surface area contributed by atoms with E-state index in [1.165, 1.54) is 17.0 Å². The van der Waals surface area contributed by atoms with Gasteiger partial charge in [0, 0.05) is 12.6 Å². The normalized spacial score (nSPS) is 27.0. The number of nitrogens with zero attached hydrogens (tertiary/aromatic N) is 1. The number of carbonyl (C=O) groups excluding carboxylic acids is 1. The van der Waals surface area contributed by atoms with E-state index < -0.39 is 5.60 Å². The van der Waals surface area contributed by atoms with Crippen LogP contribution in [-0.4, -0.2) is 13.0 Å². The van der Waals surface area contributed by atoms with Crippen molar-refractivity contribution in [2.75, 3.05) is 11.9 Å². The smallest absolute Gasteiger partial charge is 0.266 e. The molecule has 1 amide bonds. The number of halogens is 1. The first-order valence-electron chi connectivity index (χ1n) is 6.45. The van der Waals surface area contributed by atoms with Crippen LogP contribution >= 0.6 is 0 Å². The average Bonchev–Trinajstić information content (AvgIpc) is 3.19. The first-order valence-corrected chi connectivity index (χ1v) is 6.45. The van der Waals surface area contributed by atoms with E-state index in [1.54, 1.807) is 13.1 Å². The maximum atomic E-state index is 13.5. The van der Waals surface area contributed by atoms with Gasteiger partial charge in [0.2, 0.25) is 5.60 Å². The molecule has 3 nitrogen and oxygen atoms in total. The maximum absolute atomic E-state index is 13.5. The van der Waals surface area contributed by atoms with Gasteiger partial charge in [0.1, 0.15) is 11.9 Å². The quantitative estimate of drug-likeness (QED) is 0.746. The zero-order chi connectivity index (χ0) is 13.9. The predicted molar refractivity (Wildman–Crippen MR) is 71.8 cm³/mol. The number of epoxide rings is 1. The third kappa shape index (κ3) is 1.29. The third-order valence-corrected chi connectivity index (χ3v) is 4.06. The Morgan fingerprint density at radius 1 is 1.20 bits per heavy atom. The van der Waals surface area contributed by atoms with Crippen molar-refractivity contribution in [1.29, 1.82) is 0 Å². The minimum absolute atomic E-state index is 0.132. The molecule has 1 fully saturated rings. The van der Waals surface area contributed by atoms with Gasteiger partial charge in [-0.2, -0.15) is 0 Å². The minimum atomic E-state index is -1.03. The molecule has 2 aromatic rings. The lowest BCUT2D eigenvalue weighted by atomic mass is 9.93. The number of amides is 1. The van der Waals surface area contributed by atoms with Crippen molar-refractivity contribution >= 4 is 11.6 Å². The van der Waals surface area contributed by atoms with Crippen molar-refractivity contribution in [3.8, 4) is 0 Å². The molecular weight excluding hydrogens is 257 g/mol. The van der Waals surface area contributed by atoms with Gasteiger partial charge in [-0.25, -0.2) is 4.39 Å². The highest BCUT2D eigenvalue weighted by Gasteiger charge is 2.69. The van der Waals surface area contributed by atoms with Crippen LogP contribution in [0.5, 0.6) is 0 Å². The molecule has 100 valence electrons. The molecular formula is C16H12FNO2. The fourth-order valence-electron chi connectivity index (χ4n) is 3.02. The summed E-state index contributed by atoms with van der Waals surface area (Å²) in [5.74, 6) is -0.486. The summed E-state index contributed by atoms with van der Waals surface area (Å²) in [6.45, 7) is 0. The van der Waals surface area contributed by atoms with Crippen LogP contribution in [0.4, 0.5) is 10.1 Å². The van der Waals surface area contributed by atoms with Crippen LogP contribution < -0.4 is 4.90 Å². The Hall–Kier alpha value is -2.20. The van der Waals surface area contributed by atoms with Crippen LogP contribution in [0.2, 0.25) is 0 Å². The van der Waals surface area contributed by atoms with Crippen LogP contribution in [0.1, 0.15) is 17.2 Å². The molecule has 0 saturated carbocycles. The molecule has 0 unspecified atom stereocenters. The van der Waals surface area contributed by atoms with Crippen LogP contribution in [-0.2, 0) is 15.1 Å². The Kier molecular flexibility index (Phi) is 2.13. The summed E-state index contributed by atoms with van der Waals surface area (Å²) in [7, 11) is 1.69. The second-order valence-electron chi connectivity index (χ2n) is 5.17. The zero-order valence-electron chi connectivity index (χ0n) is 10.8. The molecule has 2 aliphatic heterocycles. The summed E-state index contributed by atoms with van der Waals surface area (Å²) in [6, 6.07) is 14.0. The van der Waals surface area contributed by atoms with Gasteiger partial charge < -0.3 is 9.64 Å². The number of ether oxygens (including phenoxy) is 1. The lowest BCUT2D eigenvalue weighted by Crippen LogP contribution is -2.29. The van der Waals surface area contributed by atoms with Gasteiger partial charge in [-0.15, -0.1) is 0 Å². The highest BCUT2D eigenvalue weighted by molar-refractivity contribution is 6.09. The van der Waals surface area contributed by atoms with E-state index in [-0.39, 0.29) is 17.8 Å². The number of hydrogen-bond donors (Lipinski definition) is 0. The molecule has 20 heavy (non-hydrogen) atoms. The van der Waals surface area contributed by atoms with Crippen molar-refractivity contribution in [1.82, 2.24) is 0 Å². The molecule has 0 aliphatic carbocycles. The van der Waals surface area contributed by atoms with Crippen LogP contribution in [0.25, 0.3) is 0 Å². The molecule has 0 bridgehead atoms. The minimum Gasteiger partial charge on any atom is -0.345 e. The Labute approximate surface area is 115 Å². The highest BCUT2D eigenvalue weighted by atomic mass is 19.1. The fourth-order valence-corrected chi connectivity index (χ4v) is 3.02. The largest absolute Gasteiger partial charge is 0.345 e. The molecule has 0 radical (unpaired) electrons. The number of fused-ring (bicyclic) bond motifs is 2. The van der Waals surface area contributed by atoms with Crippen LogP contribution in [0, 0.1) is 5.82 Å². The van der Waals surface area contributed by atoms with E-state index in [0.717, 1.165) is 11.3 Å². The summed E-state index contributed by atoms with van der Waals surface area (Å²) in [5.41, 5.74) is 1.24. The third-order valence-electron chi connectivity index (χ3n) is 4.06. The monoisotopic (exact) mass is 269 g/mol. The van der Waals surface area contributed by atoms with E-state index in [1.807, 2.05) is 30.3 Å². The molecule has 2 aromatic carbocycles. The van der Waals surface area contributed by atoms with Gasteiger partial charge in [-0.1, -0.05) is 30.3 Å². The average molecular weight is 269 g/mol. The molecule has 2 atom stereocenters. The molecule has 1 spiro atoms. The van der Waals surface area contributed by atoms with E-state index >= 15 is 0 Å². The van der Waals surface area contributed by atoms with Crippen molar-refractivity contribution in [2.45, 2.75) is 11.7 Å². The first-order chi connectivity index (χ1) is 9.64. The molecule has 2 heterocycles. The number of anilines is 1. The fraction of sp³-hybridized carbons (Fsp3) is 0.188. The number of carbonyl (C=O) groups is 1. The summed E-state index contributed by atoms with van der Waals surface area (Å²) < 4.78 is 19.3. The summed E-state index contributed by atoms with van der Waals surface area (Å²) in [6.07, 6.45) is -0.332. The molecule has 0 aromatic heterocycles. The number of likely N-dealkylation sites (N-methyl/N-ethyl adjacent to an activating group) is 1. The van der Waals surface area contributed by atoms with Gasteiger partial charge in [-0.05, 0) is 23.8 Å². The lowest BCUT2D eigenvalue weighted by Gasteiger charge is -2.08. The Bertz CT molecular complexity index is 716. The number of benzene rings is 2. The van der Waals surface area contributed by atoms with Crippen LogP contribution in [0.15, 0.2) is 48.5 Å².